The van der Waals surface area contributed by atoms with E-state index in [1.54, 1.807) is 14.0 Å². The molecule has 0 saturated heterocycles. The smallest absolute Gasteiger partial charge is 0.223 e. The van der Waals surface area contributed by atoms with E-state index in [4.69, 9.17) is 4.74 Å². The van der Waals surface area contributed by atoms with Crippen LogP contribution in [-0.2, 0) is 4.79 Å². The molecule has 1 aromatic rings. The van der Waals surface area contributed by atoms with Gasteiger partial charge in [0.1, 0.15) is 5.75 Å². The molecule has 0 spiro atoms. The van der Waals surface area contributed by atoms with E-state index in [2.05, 4.69) is 5.32 Å². The molecule has 0 radical (unpaired) electrons. The zero-order chi connectivity index (χ0) is 12.8. The molecule has 0 aliphatic rings. The maximum absolute atomic E-state index is 11.0. The molecule has 0 aliphatic carbocycles. The molecule has 94 valence electrons. The molecule has 0 unspecified atom stereocenters. The fourth-order valence-corrected chi connectivity index (χ4v) is 1.47. The van der Waals surface area contributed by atoms with Gasteiger partial charge in [-0.1, -0.05) is 6.07 Å². The van der Waals surface area contributed by atoms with E-state index in [9.17, 15) is 9.90 Å². The third-order valence-corrected chi connectivity index (χ3v) is 2.55. The van der Waals surface area contributed by atoms with Crippen molar-refractivity contribution in [3.8, 4) is 5.75 Å². The normalized spacial score (nSPS) is 12.0. The van der Waals surface area contributed by atoms with Crippen molar-refractivity contribution in [1.29, 1.82) is 0 Å². The molecule has 0 fully saturated rings. The molecule has 4 nitrogen and oxygen atoms in total. The number of aryl methyl sites for hydroxylation is 1. The number of hydrogen-bond donors (Lipinski definition) is 2. The zero-order valence-corrected chi connectivity index (χ0v) is 10.5. The molecule has 2 N–H and O–H groups in total. The van der Waals surface area contributed by atoms with E-state index >= 15 is 0 Å². The number of hydrogen-bond acceptors (Lipinski definition) is 3. The number of carbonyl (C=O) groups is 1. The predicted octanol–water partition coefficient (Wildman–Crippen LogP) is 1.56. The number of aliphatic hydroxyl groups is 1. The summed E-state index contributed by atoms with van der Waals surface area (Å²) >= 11 is 0. The number of aliphatic hydroxyl groups excluding tert-OH is 1. The minimum Gasteiger partial charge on any atom is -0.493 e. The average molecular weight is 237 g/mol. The van der Waals surface area contributed by atoms with Crippen LogP contribution in [0.1, 0.15) is 30.6 Å². The van der Waals surface area contributed by atoms with Crippen LogP contribution in [0.2, 0.25) is 0 Å². The molecule has 0 saturated carbocycles. The standard InChI is InChI=1S/C13H19NO3/c1-9-8-11(10(2)15)4-5-12(9)17-7-6-13(16)14-3/h4-5,8,10,15H,6-7H2,1-3H3,(H,14,16)/t10-/m0/s1. The van der Waals surface area contributed by atoms with Crippen LogP contribution >= 0.6 is 0 Å². The molecule has 0 heterocycles. The van der Waals surface area contributed by atoms with E-state index in [1.807, 2.05) is 25.1 Å². The highest BCUT2D eigenvalue weighted by Crippen LogP contribution is 2.22. The van der Waals surface area contributed by atoms with E-state index in [0.717, 1.165) is 16.9 Å². The Morgan fingerprint density at radius 3 is 2.76 bits per heavy atom. The fourth-order valence-electron chi connectivity index (χ4n) is 1.47. The number of carbonyl (C=O) groups excluding carboxylic acids is 1. The van der Waals surface area contributed by atoms with Gasteiger partial charge in [-0.2, -0.15) is 0 Å². The zero-order valence-electron chi connectivity index (χ0n) is 10.5. The number of benzene rings is 1. The fraction of sp³-hybridized carbons (Fsp3) is 0.462. The van der Waals surface area contributed by atoms with Crippen LogP contribution in [0.4, 0.5) is 0 Å². The van der Waals surface area contributed by atoms with Crippen molar-refractivity contribution >= 4 is 5.91 Å². The lowest BCUT2D eigenvalue weighted by Gasteiger charge is -2.11. The van der Waals surface area contributed by atoms with E-state index in [1.165, 1.54) is 0 Å². The Morgan fingerprint density at radius 1 is 1.53 bits per heavy atom. The van der Waals surface area contributed by atoms with Crippen LogP contribution in [0.15, 0.2) is 18.2 Å². The summed E-state index contributed by atoms with van der Waals surface area (Å²) in [6.45, 7) is 4.00. The van der Waals surface area contributed by atoms with Gasteiger partial charge in [0.05, 0.1) is 19.1 Å². The SMILES string of the molecule is CNC(=O)CCOc1ccc([C@H](C)O)cc1C. The van der Waals surface area contributed by atoms with Crippen LogP contribution in [0.3, 0.4) is 0 Å². The highest BCUT2D eigenvalue weighted by Gasteiger charge is 2.05. The summed E-state index contributed by atoms with van der Waals surface area (Å²) in [5.41, 5.74) is 1.82. The lowest BCUT2D eigenvalue weighted by Crippen LogP contribution is -2.20. The summed E-state index contributed by atoms with van der Waals surface area (Å²) in [7, 11) is 1.60. The molecule has 17 heavy (non-hydrogen) atoms. The van der Waals surface area contributed by atoms with Crippen molar-refractivity contribution in [2.75, 3.05) is 13.7 Å². The topological polar surface area (TPSA) is 58.6 Å². The van der Waals surface area contributed by atoms with Gasteiger partial charge in [-0.25, -0.2) is 0 Å². The van der Waals surface area contributed by atoms with Gasteiger partial charge in [0.15, 0.2) is 0 Å². The van der Waals surface area contributed by atoms with Crippen LogP contribution in [0.5, 0.6) is 5.75 Å². The second kappa shape index (κ2) is 6.25. The van der Waals surface area contributed by atoms with E-state index in [-0.39, 0.29) is 5.91 Å². The van der Waals surface area contributed by atoms with Crippen LogP contribution in [0, 0.1) is 6.92 Å². The largest absolute Gasteiger partial charge is 0.493 e. The monoisotopic (exact) mass is 237 g/mol. The minimum absolute atomic E-state index is 0.0387. The van der Waals surface area contributed by atoms with Gasteiger partial charge in [0.25, 0.3) is 0 Å². The molecule has 1 rings (SSSR count). The molecule has 0 aliphatic heterocycles. The first-order valence-electron chi connectivity index (χ1n) is 5.66. The molecule has 1 atom stereocenters. The van der Waals surface area contributed by atoms with Gasteiger partial charge in [0.2, 0.25) is 5.91 Å². The van der Waals surface area contributed by atoms with E-state index < -0.39 is 6.10 Å². The van der Waals surface area contributed by atoms with Crippen LogP contribution < -0.4 is 10.1 Å². The third-order valence-electron chi connectivity index (χ3n) is 2.55. The van der Waals surface area contributed by atoms with Crippen molar-refractivity contribution in [1.82, 2.24) is 5.32 Å². The maximum atomic E-state index is 11.0. The summed E-state index contributed by atoms with van der Waals surface area (Å²) in [4.78, 5) is 11.0. The first-order chi connectivity index (χ1) is 8.04. The lowest BCUT2D eigenvalue weighted by molar-refractivity contribution is -0.121. The summed E-state index contributed by atoms with van der Waals surface area (Å²) in [5.74, 6) is 0.710. The van der Waals surface area contributed by atoms with Gasteiger partial charge >= 0.3 is 0 Å². The number of nitrogens with one attached hydrogen (secondary N) is 1. The van der Waals surface area contributed by atoms with Crippen molar-refractivity contribution < 1.29 is 14.6 Å². The second-order valence-electron chi connectivity index (χ2n) is 3.97. The highest BCUT2D eigenvalue weighted by molar-refractivity contribution is 5.75. The number of ether oxygens (including phenoxy) is 1. The Balaban J connectivity index is 2.57. The quantitative estimate of drug-likeness (QED) is 0.817. The van der Waals surface area contributed by atoms with Crippen LogP contribution in [0.25, 0.3) is 0 Å². The van der Waals surface area contributed by atoms with Crippen molar-refractivity contribution in [2.45, 2.75) is 26.4 Å². The average Bonchev–Trinajstić information content (AvgIpc) is 2.30. The Bertz CT molecular complexity index is 388. The van der Waals surface area contributed by atoms with Gasteiger partial charge in [-0.3, -0.25) is 4.79 Å². The number of rotatable bonds is 5. The summed E-state index contributed by atoms with van der Waals surface area (Å²) in [5, 5.41) is 12.0. The second-order valence-corrected chi connectivity index (χ2v) is 3.97. The van der Waals surface area contributed by atoms with Crippen molar-refractivity contribution in [3.05, 3.63) is 29.3 Å². The van der Waals surface area contributed by atoms with Crippen molar-refractivity contribution in [3.63, 3.8) is 0 Å². The lowest BCUT2D eigenvalue weighted by atomic mass is 10.1. The maximum Gasteiger partial charge on any atom is 0.223 e. The molecular formula is C13H19NO3. The van der Waals surface area contributed by atoms with Crippen LogP contribution in [-0.4, -0.2) is 24.7 Å². The Kier molecular flexibility index (Phi) is 4.97. The number of amides is 1. The Hall–Kier alpha value is -1.55. The van der Waals surface area contributed by atoms with Gasteiger partial charge in [0, 0.05) is 7.05 Å². The first kappa shape index (κ1) is 13.5. The van der Waals surface area contributed by atoms with E-state index in [0.29, 0.717) is 13.0 Å². The Labute approximate surface area is 102 Å². The van der Waals surface area contributed by atoms with Gasteiger partial charge in [-0.15, -0.1) is 0 Å². The molecule has 4 heteroatoms. The molecule has 0 aromatic heterocycles. The van der Waals surface area contributed by atoms with Gasteiger partial charge < -0.3 is 15.2 Å². The highest BCUT2D eigenvalue weighted by atomic mass is 16.5. The predicted molar refractivity (Wildman–Crippen MR) is 66.0 cm³/mol. The van der Waals surface area contributed by atoms with Crippen molar-refractivity contribution in [2.24, 2.45) is 0 Å². The molecule has 1 amide bonds. The summed E-state index contributed by atoms with van der Waals surface area (Å²) in [6, 6.07) is 5.54. The summed E-state index contributed by atoms with van der Waals surface area (Å²) in [6.07, 6.45) is -0.137. The first-order valence-corrected chi connectivity index (χ1v) is 5.66. The minimum atomic E-state index is -0.478. The molecular weight excluding hydrogens is 218 g/mol. The third kappa shape index (κ3) is 4.07. The summed E-state index contributed by atoms with van der Waals surface area (Å²) < 4.78 is 5.50. The molecule has 0 bridgehead atoms. The Morgan fingerprint density at radius 2 is 2.24 bits per heavy atom. The molecule has 1 aromatic carbocycles. The van der Waals surface area contributed by atoms with Gasteiger partial charge in [-0.05, 0) is 37.1 Å².